The third kappa shape index (κ3) is 4.46. The lowest BCUT2D eigenvalue weighted by atomic mass is 10.2. The quantitative estimate of drug-likeness (QED) is 0.601. The molecular formula is C16H16O3P-. The summed E-state index contributed by atoms with van der Waals surface area (Å²) in [4.78, 5) is 0. The largest absolute Gasteiger partial charge is 0.823 e. The number of rotatable bonds is 6. The molecule has 2 rings (SSSR count). The van der Waals surface area contributed by atoms with Gasteiger partial charge in [0.25, 0.3) is 0 Å². The summed E-state index contributed by atoms with van der Waals surface area (Å²) in [5.41, 5.74) is 0.827. The summed E-state index contributed by atoms with van der Waals surface area (Å²) in [5, 5.41) is 13.0. The molecule has 2 aromatic carbocycles. The summed E-state index contributed by atoms with van der Waals surface area (Å²) in [6.07, 6.45) is 0. The summed E-state index contributed by atoms with van der Waals surface area (Å²) in [7, 11) is 2.31. The maximum atomic E-state index is 12.0. The Bertz CT molecular complexity index is 550. The minimum Gasteiger partial charge on any atom is -0.823 e. The van der Waals surface area contributed by atoms with Crippen LogP contribution < -0.4 is 15.1 Å². The lowest BCUT2D eigenvalue weighted by Crippen LogP contribution is -2.17. The van der Waals surface area contributed by atoms with Gasteiger partial charge < -0.3 is 14.6 Å². The van der Waals surface area contributed by atoms with Crippen molar-refractivity contribution in [3.63, 3.8) is 0 Å². The topological polar surface area (TPSA) is 41.5 Å². The van der Waals surface area contributed by atoms with Crippen LogP contribution in [0.4, 0.5) is 0 Å². The zero-order chi connectivity index (χ0) is 14.2. The summed E-state index contributed by atoms with van der Waals surface area (Å²) in [5.74, 6) is 0.785. The Hall–Kier alpha value is -1.67. The van der Waals surface area contributed by atoms with Crippen molar-refractivity contribution >= 4 is 19.0 Å². The van der Waals surface area contributed by atoms with Crippen molar-refractivity contribution in [1.29, 1.82) is 0 Å². The van der Waals surface area contributed by atoms with Gasteiger partial charge in [-0.1, -0.05) is 38.5 Å². The Kier molecular flexibility index (Phi) is 5.75. The van der Waals surface area contributed by atoms with E-state index in [1.807, 2.05) is 54.6 Å². The average Bonchev–Trinajstić information content (AvgIpc) is 2.50. The van der Waals surface area contributed by atoms with Gasteiger partial charge in [0, 0.05) is 12.4 Å². The highest BCUT2D eigenvalue weighted by molar-refractivity contribution is 7.48. The maximum absolute atomic E-state index is 12.0. The van der Waals surface area contributed by atoms with Gasteiger partial charge in [-0.15, -0.1) is 5.48 Å². The van der Waals surface area contributed by atoms with E-state index in [0.29, 0.717) is 21.4 Å². The average molecular weight is 287 g/mol. The molecule has 4 heteroatoms. The number of hydrogen-bond donors (Lipinski definition) is 0. The van der Waals surface area contributed by atoms with Crippen LogP contribution in [-0.4, -0.2) is 25.8 Å². The van der Waals surface area contributed by atoms with E-state index in [4.69, 9.17) is 9.47 Å². The molecule has 0 fully saturated rings. The van der Waals surface area contributed by atoms with Crippen LogP contribution in [0.1, 0.15) is 5.56 Å². The van der Waals surface area contributed by atoms with Gasteiger partial charge in [-0.05, 0) is 29.8 Å². The summed E-state index contributed by atoms with van der Waals surface area (Å²) in [6, 6.07) is 16.9. The monoisotopic (exact) mass is 287 g/mol. The minimum atomic E-state index is 0.0960. The molecule has 0 amide bonds. The Morgan fingerprint density at radius 2 is 1.70 bits per heavy atom. The van der Waals surface area contributed by atoms with E-state index in [1.165, 1.54) is 0 Å². The van der Waals surface area contributed by atoms with Crippen molar-refractivity contribution in [2.75, 3.05) is 20.3 Å². The zero-order valence-corrected chi connectivity index (χ0v) is 12.2. The predicted molar refractivity (Wildman–Crippen MR) is 80.9 cm³/mol. The SMILES string of the molecule is COCCOc1ccc(P=C([O-])c2ccccc2)cc1. The molecule has 20 heavy (non-hydrogen) atoms. The second-order valence-corrected chi connectivity index (χ2v) is 5.26. The number of benzene rings is 2. The molecule has 104 valence electrons. The molecule has 3 nitrogen and oxygen atoms in total. The molecule has 0 aromatic heterocycles. The van der Waals surface area contributed by atoms with E-state index < -0.39 is 0 Å². The molecule has 0 saturated heterocycles. The smallest absolute Gasteiger partial charge is 0.119 e. The maximum Gasteiger partial charge on any atom is 0.119 e. The lowest BCUT2D eigenvalue weighted by molar-refractivity contribution is -0.207. The van der Waals surface area contributed by atoms with Crippen LogP contribution in [-0.2, 0) is 4.74 Å². The lowest BCUT2D eigenvalue weighted by Gasteiger charge is -2.11. The first-order valence-corrected chi connectivity index (χ1v) is 7.22. The predicted octanol–water partition coefficient (Wildman–Crippen LogP) is 1.82. The third-order valence-corrected chi connectivity index (χ3v) is 3.66. The van der Waals surface area contributed by atoms with Gasteiger partial charge in [-0.2, -0.15) is 0 Å². The fourth-order valence-electron chi connectivity index (χ4n) is 1.62. The van der Waals surface area contributed by atoms with E-state index in [9.17, 15) is 5.11 Å². The Labute approximate surface area is 120 Å². The molecule has 0 unspecified atom stereocenters. The molecular weight excluding hydrogens is 271 g/mol. The fraction of sp³-hybridized carbons (Fsp3) is 0.188. The first kappa shape index (κ1) is 14.7. The van der Waals surface area contributed by atoms with Crippen LogP contribution in [0, 0.1) is 0 Å². The van der Waals surface area contributed by atoms with E-state index in [2.05, 4.69) is 0 Å². The zero-order valence-electron chi connectivity index (χ0n) is 11.3. The highest BCUT2D eigenvalue weighted by atomic mass is 31.1. The van der Waals surface area contributed by atoms with E-state index in [-0.39, 0.29) is 5.48 Å². The highest BCUT2D eigenvalue weighted by Gasteiger charge is 1.95. The normalized spacial score (nSPS) is 11.4. The van der Waals surface area contributed by atoms with Crippen molar-refractivity contribution in [2.24, 2.45) is 0 Å². The molecule has 0 N–H and O–H groups in total. The first-order chi connectivity index (χ1) is 9.79. The summed E-state index contributed by atoms with van der Waals surface area (Å²) >= 11 is 0. The van der Waals surface area contributed by atoms with Gasteiger partial charge in [0.05, 0.1) is 6.61 Å². The summed E-state index contributed by atoms with van der Waals surface area (Å²) < 4.78 is 10.4. The fourth-order valence-corrected chi connectivity index (χ4v) is 2.43. The molecule has 0 spiro atoms. The van der Waals surface area contributed by atoms with Gasteiger partial charge in [0.2, 0.25) is 0 Å². The molecule has 0 aliphatic heterocycles. The Balaban J connectivity index is 2.03. The molecule has 0 radical (unpaired) electrons. The molecule has 0 aliphatic carbocycles. The molecule has 0 bridgehead atoms. The van der Waals surface area contributed by atoms with E-state index in [1.54, 1.807) is 7.11 Å². The van der Waals surface area contributed by atoms with Crippen molar-refractivity contribution in [2.45, 2.75) is 0 Å². The van der Waals surface area contributed by atoms with Crippen LogP contribution in [0.25, 0.3) is 0 Å². The second kappa shape index (κ2) is 7.81. The van der Waals surface area contributed by atoms with Gasteiger partial charge in [-0.25, -0.2) is 0 Å². The van der Waals surface area contributed by atoms with Crippen molar-refractivity contribution < 1.29 is 14.6 Å². The Morgan fingerprint density at radius 1 is 1.00 bits per heavy atom. The van der Waals surface area contributed by atoms with Crippen LogP contribution >= 0.6 is 8.20 Å². The van der Waals surface area contributed by atoms with Crippen LogP contribution in [0.5, 0.6) is 5.75 Å². The molecule has 0 saturated carbocycles. The van der Waals surface area contributed by atoms with Crippen molar-refractivity contribution in [3.05, 3.63) is 60.2 Å². The number of methoxy groups -OCH3 is 1. The van der Waals surface area contributed by atoms with Crippen LogP contribution in [0.15, 0.2) is 54.6 Å². The van der Waals surface area contributed by atoms with Crippen molar-refractivity contribution in [3.8, 4) is 5.75 Å². The van der Waals surface area contributed by atoms with Gasteiger partial charge in [0.15, 0.2) is 0 Å². The number of ether oxygens (including phenoxy) is 2. The van der Waals surface area contributed by atoms with Crippen LogP contribution in [0.2, 0.25) is 0 Å². The Morgan fingerprint density at radius 3 is 2.35 bits per heavy atom. The standard InChI is InChI=1S/C16H17O3P/c1-18-11-12-19-14-7-9-15(10-8-14)20-16(17)13-5-3-2-4-6-13/h2-10,17H,11-12H2,1H3/p-1. The molecule has 0 aliphatic rings. The summed E-state index contributed by atoms with van der Waals surface area (Å²) in [6.45, 7) is 1.09. The molecule has 0 heterocycles. The van der Waals surface area contributed by atoms with E-state index >= 15 is 0 Å². The highest BCUT2D eigenvalue weighted by Crippen LogP contribution is 2.12. The minimum absolute atomic E-state index is 0.0960. The molecule has 0 atom stereocenters. The van der Waals surface area contributed by atoms with Gasteiger partial charge >= 0.3 is 0 Å². The van der Waals surface area contributed by atoms with E-state index in [0.717, 1.165) is 16.6 Å². The van der Waals surface area contributed by atoms with Crippen molar-refractivity contribution in [1.82, 2.24) is 0 Å². The van der Waals surface area contributed by atoms with Gasteiger partial charge in [-0.3, -0.25) is 0 Å². The van der Waals surface area contributed by atoms with Crippen LogP contribution in [0.3, 0.4) is 0 Å². The van der Waals surface area contributed by atoms with Gasteiger partial charge in [0.1, 0.15) is 12.4 Å². The second-order valence-electron chi connectivity index (χ2n) is 4.12. The third-order valence-electron chi connectivity index (χ3n) is 2.64. The first-order valence-electron chi connectivity index (χ1n) is 6.32. The molecule has 2 aromatic rings. The number of hydrogen-bond acceptors (Lipinski definition) is 3.